The highest BCUT2D eigenvalue weighted by Crippen LogP contribution is 2.32. The van der Waals surface area contributed by atoms with Gasteiger partial charge in [0.1, 0.15) is 11.5 Å². The second-order valence-corrected chi connectivity index (χ2v) is 7.69. The molecule has 0 aliphatic rings. The summed E-state index contributed by atoms with van der Waals surface area (Å²) in [5.41, 5.74) is 3.32. The molecule has 0 saturated heterocycles. The van der Waals surface area contributed by atoms with Gasteiger partial charge in [-0.25, -0.2) is 0 Å². The minimum Gasteiger partial charge on any atom is -0.496 e. The normalized spacial score (nSPS) is 12.1. The van der Waals surface area contributed by atoms with E-state index in [4.69, 9.17) is 9.47 Å². The van der Waals surface area contributed by atoms with Gasteiger partial charge in [-0.15, -0.1) is 0 Å². The van der Waals surface area contributed by atoms with Crippen molar-refractivity contribution >= 4 is 16.7 Å². The van der Waals surface area contributed by atoms with E-state index in [9.17, 15) is 4.79 Å². The van der Waals surface area contributed by atoms with E-state index in [2.05, 4.69) is 31.3 Å². The minimum atomic E-state index is -0.146. The third-order valence-corrected chi connectivity index (χ3v) is 5.18. The van der Waals surface area contributed by atoms with Crippen LogP contribution >= 0.6 is 0 Å². The Balaban J connectivity index is 1.66. The SMILES string of the molecule is COc1cc(C)c([C@H](C)NC(=O)COc2ccc3ccccc3c2)cc1C(C)C. The summed E-state index contributed by atoms with van der Waals surface area (Å²) in [7, 11) is 1.69. The number of rotatable bonds is 7. The van der Waals surface area contributed by atoms with Crippen molar-refractivity contribution in [3.05, 3.63) is 71.3 Å². The number of carbonyl (C=O) groups is 1. The number of hydrogen-bond donors (Lipinski definition) is 1. The number of benzene rings is 3. The lowest BCUT2D eigenvalue weighted by Crippen LogP contribution is -2.31. The molecule has 1 atom stereocenters. The lowest BCUT2D eigenvalue weighted by Gasteiger charge is -2.21. The number of fused-ring (bicyclic) bond motifs is 1. The third-order valence-electron chi connectivity index (χ3n) is 5.18. The molecular weight excluding hydrogens is 362 g/mol. The van der Waals surface area contributed by atoms with Crippen LogP contribution in [-0.2, 0) is 4.79 Å². The van der Waals surface area contributed by atoms with E-state index in [0.717, 1.165) is 33.2 Å². The predicted molar refractivity (Wildman–Crippen MR) is 118 cm³/mol. The fraction of sp³-hybridized carbons (Fsp3) is 0.320. The van der Waals surface area contributed by atoms with Crippen molar-refractivity contribution in [2.75, 3.05) is 13.7 Å². The summed E-state index contributed by atoms with van der Waals surface area (Å²) in [5, 5.41) is 5.28. The summed E-state index contributed by atoms with van der Waals surface area (Å²) >= 11 is 0. The first kappa shape index (κ1) is 20.7. The first-order valence-electron chi connectivity index (χ1n) is 9.98. The Hall–Kier alpha value is -3.01. The Morgan fingerprint density at radius 2 is 1.69 bits per heavy atom. The van der Waals surface area contributed by atoms with E-state index >= 15 is 0 Å². The molecule has 0 spiro atoms. The fourth-order valence-electron chi connectivity index (χ4n) is 3.58. The molecule has 3 aromatic rings. The molecule has 0 aromatic heterocycles. The zero-order valence-corrected chi connectivity index (χ0v) is 17.8. The van der Waals surface area contributed by atoms with Crippen LogP contribution in [0.4, 0.5) is 0 Å². The maximum Gasteiger partial charge on any atom is 0.258 e. The first-order chi connectivity index (χ1) is 13.9. The van der Waals surface area contributed by atoms with E-state index < -0.39 is 0 Å². The molecular formula is C25H29NO3. The molecule has 4 nitrogen and oxygen atoms in total. The lowest BCUT2D eigenvalue weighted by atomic mass is 9.93. The van der Waals surface area contributed by atoms with Crippen molar-refractivity contribution in [3.63, 3.8) is 0 Å². The molecule has 0 aliphatic heterocycles. The van der Waals surface area contributed by atoms with Gasteiger partial charge < -0.3 is 14.8 Å². The van der Waals surface area contributed by atoms with E-state index in [1.807, 2.05) is 56.3 Å². The highest BCUT2D eigenvalue weighted by Gasteiger charge is 2.17. The van der Waals surface area contributed by atoms with Gasteiger partial charge in [0.15, 0.2) is 6.61 Å². The van der Waals surface area contributed by atoms with Crippen LogP contribution in [0.2, 0.25) is 0 Å². The number of ether oxygens (including phenoxy) is 2. The largest absolute Gasteiger partial charge is 0.496 e. The maximum atomic E-state index is 12.5. The fourth-order valence-corrected chi connectivity index (χ4v) is 3.58. The molecule has 1 amide bonds. The van der Waals surface area contributed by atoms with Gasteiger partial charge in [-0.3, -0.25) is 4.79 Å². The summed E-state index contributed by atoms with van der Waals surface area (Å²) in [4.78, 5) is 12.5. The summed E-state index contributed by atoms with van der Waals surface area (Å²) < 4.78 is 11.2. The van der Waals surface area contributed by atoms with Crippen molar-refractivity contribution in [1.82, 2.24) is 5.32 Å². The van der Waals surface area contributed by atoms with Crippen LogP contribution in [0.25, 0.3) is 10.8 Å². The van der Waals surface area contributed by atoms with E-state index in [0.29, 0.717) is 11.7 Å². The molecule has 29 heavy (non-hydrogen) atoms. The van der Waals surface area contributed by atoms with Crippen molar-refractivity contribution in [3.8, 4) is 11.5 Å². The van der Waals surface area contributed by atoms with Crippen molar-refractivity contribution < 1.29 is 14.3 Å². The highest BCUT2D eigenvalue weighted by atomic mass is 16.5. The zero-order chi connectivity index (χ0) is 21.0. The van der Waals surface area contributed by atoms with Crippen LogP contribution in [0.15, 0.2) is 54.6 Å². The number of methoxy groups -OCH3 is 1. The smallest absolute Gasteiger partial charge is 0.258 e. The summed E-state index contributed by atoms with van der Waals surface area (Å²) in [6, 6.07) is 18.0. The van der Waals surface area contributed by atoms with Gasteiger partial charge in [0, 0.05) is 0 Å². The van der Waals surface area contributed by atoms with Crippen LogP contribution in [0.3, 0.4) is 0 Å². The molecule has 0 fully saturated rings. The van der Waals surface area contributed by atoms with E-state index in [1.54, 1.807) is 7.11 Å². The Morgan fingerprint density at radius 1 is 0.966 bits per heavy atom. The Kier molecular flexibility index (Phi) is 6.42. The molecule has 152 valence electrons. The molecule has 0 radical (unpaired) electrons. The van der Waals surface area contributed by atoms with Gasteiger partial charge in [-0.1, -0.05) is 44.2 Å². The predicted octanol–water partition coefficient (Wildman–Crippen LogP) is 5.54. The molecule has 0 unspecified atom stereocenters. The van der Waals surface area contributed by atoms with Crippen LogP contribution in [-0.4, -0.2) is 19.6 Å². The van der Waals surface area contributed by atoms with Crippen molar-refractivity contribution in [2.45, 2.75) is 39.7 Å². The van der Waals surface area contributed by atoms with Gasteiger partial charge in [0.05, 0.1) is 13.2 Å². The molecule has 1 N–H and O–H groups in total. The van der Waals surface area contributed by atoms with Gasteiger partial charge in [-0.05, 0) is 71.5 Å². The second-order valence-electron chi connectivity index (χ2n) is 7.69. The second kappa shape index (κ2) is 8.99. The molecule has 0 saturated carbocycles. The molecule has 3 aromatic carbocycles. The molecule has 0 heterocycles. The average Bonchev–Trinajstić information content (AvgIpc) is 2.71. The van der Waals surface area contributed by atoms with Crippen molar-refractivity contribution in [2.24, 2.45) is 0 Å². The number of amides is 1. The van der Waals surface area contributed by atoms with Gasteiger partial charge in [-0.2, -0.15) is 0 Å². The van der Waals surface area contributed by atoms with Gasteiger partial charge >= 0.3 is 0 Å². The van der Waals surface area contributed by atoms with Crippen LogP contribution in [0.1, 0.15) is 49.4 Å². The lowest BCUT2D eigenvalue weighted by molar-refractivity contribution is -0.123. The molecule has 0 bridgehead atoms. The summed E-state index contributed by atoms with van der Waals surface area (Å²) in [6.45, 7) is 8.28. The Morgan fingerprint density at radius 3 is 2.38 bits per heavy atom. The van der Waals surface area contributed by atoms with E-state index in [1.165, 1.54) is 0 Å². The molecule has 0 aliphatic carbocycles. The third kappa shape index (κ3) is 4.89. The summed E-state index contributed by atoms with van der Waals surface area (Å²) in [6.07, 6.45) is 0. The molecule has 3 rings (SSSR count). The van der Waals surface area contributed by atoms with Gasteiger partial charge in [0.2, 0.25) is 0 Å². The monoisotopic (exact) mass is 391 g/mol. The van der Waals surface area contributed by atoms with Crippen molar-refractivity contribution in [1.29, 1.82) is 0 Å². The van der Waals surface area contributed by atoms with Crippen LogP contribution in [0, 0.1) is 6.92 Å². The zero-order valence-electron chi connectivity index (χ0n) is 17.8. The van der Waals surface area contributed by atoms with Crippen LogP contribution in [0.5, 0.6) is 11.5 Å². The minimum absolute atomic E-state index is 0.0189. The maximum absolute atomic E-state index is 12.5. The quantitative estimate of drug-likeness (QED) is 0.575. The molecule has 4 heteroatoms. The number of hydrogen-bond acceptors (Lipinski definition) is 3. The van der Waals surface area contributed by atoms with Crippen LogP contribution < -0.4 is 14.8 Å². The standard InChI is InChI=1S/C25H29NO3/c1-16(2)22-14-23(17(3)12-24(22)28-5)18(4)26-25(27)15-29-21-11-10-19-8-6-7-9-20(19)13-21/h6-14,16,18H,15H2,1-5H3,(H,26,27)/t18-/m0/s1. The number of carbonyl (C=O) groups excluding carboxylic acids is 1. The topological polar surface area (TPSA) is 47.6 Å². The number of aryl methyl sites for hydroxylation is 1. The van der Waals surface area contributed by atoms with E-state index in [-0.39, 0.29) is 18.6 Å². The number of nitrogens with one attached hydrogen (secondary N) is 1. The Labute approximate surface area is 172 Å². The van der Waals surface area contributed by atoms with Gasteiger partial charge in [0.25, 0.3) is 5.91 Å². The highest BCUT2D eigenvalue weighted by molar-refractivity contribution is 5.84. The summed E-state index contributed by atoms with van der Waals surface area (Å²) in [5.74, 6) is 1.77. The average molecular weight is 392 g/mol. The first-order valence-corrected chi connectivity index (χ1v) is 9.98. The Bertz CT molecular complexity index is 1010.